The largest absolute Gasteiger partial charge is 0.459 e. The first-order chi connectivity index (χ1) is 13.6. The molecule has 1 amide bonds. The normalized spacial score (nSPS) is 11.1. The Labute approximate surface area is 164 Å². The van der Waals surface area contributed by atoms with Gasteiger partial charge in [0, 0.05) is 25.8 Å². The van der Waals surface area contributed by atoms with Crippen LogP contribution < -0.4 is 16.0 Å². The van der Waals surface area contributed by atoms with Crippen LogP contribution >= 0.6 is 0 Å². The molecule has 3 aromatic rings. The lowest BCUT2D eigenvalue weighted by atomic mass is 10.1. The monoisotopic (exact) mass is 376 g/mol. The van der Waals surface area contributed by atoms with Crippen LogP contribution in [-0.4, -0.2) is 18.9 Å². The van der Waals surface area contributed by atoms with Crippen LogP contribution in [0, 0.1) is 6.92 Å². The Balaban J connectivity index is 1.48. The van der Waals surface area contributed by atoms with Crippen LogP contribution in [0.2, 0.25) is 0 Å². The van der Waals surface area contributed by atoms with Gasteiger partial charge in [0.2, 0.25) is 0 Å². The van der Waals surface area contributed by atoms with Crippen molar-refractivity contribution in [2.24, 2.45) is 4.99 Å². The van der Waals surface area contributed by atoms with E-state index in [9.17, 15) is 4.79 Å². The van der Waals surface area contributed by atoms with Crippen molar-refractivity contribution in [3.05, 3.63) is 89.4 Å². The smallest absolute Gasteiger partial charge is 0.291 e. The quantitative estimate of drug-likeness (QED) is 0.453. The van der Waals surface area contributed by atoms with Crippen molar-refractivity contribution in [1.82, 2.24) is 10.6 Å². The number of anilines is 1. The number of benzene rings is 2. The van der Waals surface area contributed by atoms with E-state index in [0.717, 1.165) is 11.5 Å². The number of amides is 1. The average Bonchev–Trinajstić information content (AvgIpc) is 3.24. The van der Waals surface area contributed by atoms with Gasteiger partial charge in [-0.15, -0.1) is 0 Å². The van der Waals surface area contributed by atoms with Crippen LogP contribution in [0.1, 0.15) is 27.2 Å². The Morgan fingerprint density at radius 1 is 0.964 bits per heavy atom. The van der Waals surface area contributed by atoms with Gasteiger partial charge in [-0.3, -0.25) is 9.79 Å². The van der Waals surface area contributed by atoms with Gasteiger partial charge in [-0.2, -0.15) is 0 Å². The lowest BCUT2D eigenvalue weighted by molar-refractivity contribution is 0.0996. The summed E-state index contributed by atoms with van der Waals surface area (Å²) in [6.07, 6.45) is 1.48. The molecule has 28 heavy (non-hydrogen) atoms. The van der Waals surface area contributed by atoms with Crippen LogP contribution in [0.25, 0.3) is 0 Å². The Kier molecular flexibility index (Phi) is 6.46. The summed E-state index contributed by atoms with van der Waals surface area (Å²) in [7, 11) is 1.75. The molecule has 0 radical (unpaired) electrons. The second-order valence-electron chi connectivity index (χ2n) is 6.40. The van der Waals surface area contributed by atoms with Crippen LogP contribution in [-0.2, 0) is 13.1 Å². The topological polar surface area (TPSA) is 78.7 Å². The second kappa shape index (κ2) is 9.41. The van der Waals surface area contributed by atoms with E-state index in [2.05, 4.69) is 52.1 Å². The zero-order valence-corrected chi connectivity index (χ0v) is 16.0. The molecule has 0 atom stereocenters. The van der Waals surface area contributed by atoms with Crippen molar-refractivity contribution < 1.29 is 9.21 Å². The molecule has 3 N–H and O–H groups in total. The number of aryl methyl sites for hydroxylation is 1. The van der Waals surface area contributed by atoms with E-state index in [-0.39, 0.29) is 11.7 Å². The summed E-state index contributed by atoms with van der Waals surface area (Å²) in [5.74, 6) is 0.752. The maximum atomic E-state index is 12.0. The van der Waals surface area contributed by atoms with Crippen molar-refractivity contribution in [3.63, 3.8) is 0 Å². The fourth-order valence-corrected chi connectivity index (χ4v) is 2.72. The predicted octanol–water partition coefficient (Wildman–Crippen LogP) is 3.71. The first kappa shape index (κ1) is 19.2. The molecule has 0 aliphatic carbocycles. The summed E-state index contributed by atoms with van der Waals surface area (Å²) in [5, 5.41) is 9.40. The number of hydrogen-bond acceptors (Lipinski definition) is 3. The Bertz CT molecular complexity index is 931. The highest BCUT2D eigenvalue weighted by Crippen LogP contribution is 2.12. The Morgan fingerprint density at radius 3 is 2.36 bits per heavy atom. The van der Waals surface area contributed by atoms with Gasteiger partial charge in [-0.05, 0) is 42.3 Å². The van der Waals surface area contributed by atoms with Crippen LogP contribution in [0.4, 0.5) is 5.69 Å². The number of carbonyl (C=O) groups excluding carboxylic acids is 1. The van der Waals surface area contributed by atoms with Gasteiger partial charge in [-0.1, -0.05) is 42.0 Å². The number of rotatable bonds is 6. The summed E-state index contributed by atoms with van der Waals surface area (Å²) in [5.41, 5.74) is 4.24. The molecule has 0 saturated heterocycles. The Morgan fingerprint density at radius 2 is 1.71 bits per heavy atom. The molecule has 0 bridgehead atoms. The van der Waals surface area contributed by atoms with Crippen molar-refractivity contribution in [2.75, 3.05) is 12.4 Å². The van der Waals surface area contributed by atoms with E-state index in [0.29, 0.717) is 18.8 Å². The first-order valence-electron chi connectivity index (χ1n) is 9.08. The standard InChI is InChI=1S/C22H24N4O2/c1-16-5-3-6-18(13-16)15-25-22(23-2)24-14-17-8-10-19(11-9-17)26-21(27)20-7-4-12-28-20/h3-13H,14-15H2,1-2H3,(H,26,27)(H2,23,24,25). The number of hydrogen-bond donors (Lipinski definition) is 3. The van der Waals surface area contributed by atoms with Crippen molar-refractivity contribution in [3.8, 4) is 0 Å². The van der Waals surface area contributed by atoms with Crippen LogP contribution in [0.3, 0.4) is 0 Å². The molecular formula is C22H24N4O2. The molecule has 0 unspecified atom stereocenters. The minimum Gasteiger partial charge on any atom is -0.459 e. The number of furan rings is 1. The van der Waals surface area contributed by atoms with Crippen molar-refractivity contribution in [2.45, 2.75) is 20.0 Å². The summed E-state index contributed by atoms with van der Waals surface area (Å²) in [4.78, 5) is 16.2. The third kappa shape index (κ3) is 5.48. The molecule has 6 heteroatoms. The molecule has 0 saturated carbocycles. The molecule has 6 nitrogen and oxygen atoms in total. The summed E-state index contributed by atoms with van der Waals surface area (Å²) < 4.78 is 5.09. The number of carbonyl (C=O) groups is 1. The number of nitrogens with one attached hydrogen (secondary N) is 3. The van der Waals surface area contributed by atoms with Gasteiger partial charge >= 0.3 is 0 Å². The van der Waals surface area contributed by atoms with E-state index < -0.39 is 0 Å². The number of nitrogens with zero attached hydrogens (tertiary/aromatic N) is 1. The second-order valence-corrected chi connectivity index (χ2v) is 6.40. The van der Waals surface area contributed by atoms with Gasteiger partial charge < -0.3 is 20.4 Å². The zero-order chi connectivity index (χ0) is 19.8. The zero-order valence-electron chi connectivity index (χ0n) is 16.0. The maximum absolute atomic E-state index is 12.0. The molecule has 1 heterocycles. The maximum Gasteiger partial charge on any atom is 0.291 e. The van der Waals surface area contributed by atoms with Gasteiger partial charge in [-0.25, -0.2) is 0 Å². The van der Waals surface area contributed by atoms with E-state index in [1.807, 2.05) is 24.3 Å². The van der Waals surface area contributed by atoms with Crippen molar-refractivity contribution in [1.29, 1.82) is 0 Å². The van der Waals surface area contributed by atoms with Crippen molar-refractivity contribution >= 4 is 17.6 Å². The lowest BCUT2D eigenvalue weighted by Gasteiger charge is -2.13. The lowest BCUT2D eigenvalue weighted by Crippen LogP contribution is -2.36. The SMILES string of the molecule is CN=C(NCc1ccc(NC(=O)c2ccco2)cc1)NCc1cccc(C)c1. The highest BCUT2D eigenvalue weighted by molar-refractivity contribution is 6.02. The van der Waals surface area contributed by atoms with Gasteiger partial charge in [0.05, 0.1) is 6.26 Å². The minimum absolute atomic E-state index is 0.267. The number of aliphatic imine (C=N–C) groups is 1. The van der Waals surface area contributed by atoms with E-state index in [1.54, 1.807) is 19.2 Å². The molecule has 0 fully saturated rings. The van der Waals surface area contributed by atoms with Gasteiger partial charge in [0.15, 0.2) is 11.7 Å². The van der Waals surface area contributed by atoms with Crippen LogP contribution in [0.5, 0.6) is 0 Å². The average molecular weight is 376 g/mol. The molecule has 144 valence electrons. The molecule has 0 aliphatic rings. The van der Waals surface area contributed by atoms with E-state index >= 15 is 0 Å². The Hall–Kier alpha value is -3.54. The summed E-state index contributed by atoms with van der Waals surface area (Å²) >= 11 is 0. The van der Waals surface area contributed by atoms with E-state index in [1.165, 1.54) is 17.4 Å². The number of guanidine groups is 1. The third-order valence-corrected chi connectivity index (χ3v) is 4.18. The highest BCUT2D eigenvalue weighted by atomic mass is 16.3. The molecule has 1 aromatic heterocycles. The molecule has 0 aliphatic heterocycles. The third-order valence-electron chi connectivity index (χ3n) is 4.18. The van der Waals surface area contributed by atoms with Gasteiger partial charge in [0.25, 0.3) is 5.91 Å². The molecule has 3 rings (SSSR count). The highest BCUT2D eigenvalue weighted by Gasteiger charge is 2.08. The van der Waals surface area contributed by atoms with Gasteiger partial charge in [0.1, 0.15) is 0 Å². The molecule has 2 aromatic carbocycles. The minimum atomic E-state index is -0.267. The fourth-order valence-electron chi connectivity index (χ4n) is 2.72. The first-order valence-corrected chi connectivity index (χ1v) is 9.08. The fraction of sp³-hybridized carbons (Fsp3) is 0.182. The predicted molar refractivity (Wildman–Crippen MR) is 111 cm³/mol. The summed E-state index contributed by atoms with van der Waals surface area (Å²) in [6.45, 7) is 3.41. The molecule has 0 spiro atoms. The summed E-state index contributed by atoms with van der Waals surface area (Å²) in [6, 6.07) is 19.3. The van der Waals surface area contributed by atoms with E-state index in [4.69, 9.17) is 4.42 Å². The molecular weight excluding hydrogens is 352 g/mol. The van der Waals surface area contributed by atoms with Crippen LogP contribution in [0.15, 0.2) is 76.3 Å².